The number of carbonyl (C=O) groups excluding carboxylic acids is 1. The van der Waals surface area contributed by atoms with Crippen LogP contribution in [0.5, 0.6) is 0 Å². The van der Waals surface area contributed by atoms with E-state index in [1.165, 1.54) is 37.8 Å². The maximum Gasteiger partial charge on any atom is 0.185 e. The fourth-order valence-electron chi connectivity index (χ4n) is 3.24. The van der Waals surface area contributed by atoms with E-state index in [9.17, 15) is 9.18 Å². The maximum atomic E-state index is 12.9. The predicted octanol–water partition coefficient (Wildman–Crippen LogP) is 3.55. The van der Waals surface area contributed by atoms with Gasteiger partial charge in [0, 0.05) is 18.5 Å². The summed E-state index contributed by atoms with van der Waals surface area (Å²) in [5.74, 6) is 0.236. The van der Waals surface area contributed by atoms with E-state index in [0.29, 0.717) is 11.7 Å². The van der Waals surface area contributed by atoms with Crippen LogP contribution in [0.25, 0.3) is 0 Å². The van der Waals surface area contributed by atoms with Gasteiger partial charge in [-0.1, -0.05) is 26.7 Å². The first-order chi connectivity index (χ1) is 9.97. The molecule has 1 aliphatic rings. The number of ketones is 1. The molecule has 4 heteroatoms. The Balaban J connectivity index is 1.92. The SMILES string of the molecule is CC1CCCC(N(C)CC(C)C(=O)c2ccc(F)cn2)C1. The molecule has 0 amide bonds. The van der Waals surface area contributed by atoms with E-state index in [4.69, 9.17) is 0 Å². The minimum atomic E-state index is -0.410. The molecule has 0 radical (unpaired) electrons. The average molecular weight is 292 g/mol. The van der Waals surface area contributed by atoms with Crippen molar-refractivity contribution in [2.24, 2.45) is 11.8 Å². The van der Waals surface area contributed by atoms with Crippen LogP contribution in [0.1, 0.15) is 50.0 Å². The Morgan fingerprint density at radius 2 is 2.24 bits per heavy atom. The highest BCUT2D eigenvalue weighted by Crippen LogP contribution is 2.27. The van der Waals surface area contributed by atoms with Crippen LogP contribution in [0.15, 0.2) is 18.3 Å². The number of rotatable bonds is 5. The summed E-state index contributed by atoms with van der Waals surface area (Å²) >= 11 is 0. The lowest BCUT2D eigenvalue weighted by atomic mass is 9.86. The number of Topliss-reactive ketones (excluding diaryl/α,β-unsaturated/α-hetero) is 1. The molecule has 0 bridgehead atoms. The van der Waals surface area contributed by atoms with Gasteiger partial charge in [0.15, 0.2) is 5.78 Å². The highest BCUT2D eigenvalue weighted by atomic mass is 19.1. The Hall–Kier alpha value is -1.29. The molecule has 3 nitrogen and oxygen atoms in total. The summed E-state index contributed by atoms with van der Waals surface area (Å²) in [6, 6.07) is 3.33. The number of pyridine rings is 1. The molecule has 1 heterocycles. The lowest BCUT2D eigenvalue weighted by molar-refractivity contribution is 0.0855. The lowest BCUT2D eigenvalue weighted by Crippen LogP contribution is -2.39. The summed E-state index contributed by atoms with van der Waals surface area (Å²) in [6.07, 6.45) is 6.13. The van der Waals surface area contributed by atoms with Gasteiger partial charge in [-0.05, 0) is 37.9 Å². The van der Waals surface area contributed by atoms with E-state index in [-0.39, 0.29) is 11.7 Å². The first-order valence-electron chi connectivity index (χ1n) is 7.83. The molecule has 0 saturated heterocycles. The van der Waals surface area contributed by atoms with Crippen molar-refractivity contribution in [2.45, 2.75) is 45.6 Å². The largest absolute Gasteiger partial charge is 0.303 e. The zero-order chi connectivity index (χ0) is 15.4. The highest BCUT2D eigenvalue weighted by molar-refractivity contribution is 5.95. The van der Waals surface area contributed by atoms with Gasteiger partial charge in [0.05, 0.1) is 6.20 Å². The molecular formula is C17H25FN2O. The van der Waals surface area contributed by atoms with Gasteiger partial charge in [-0.3, -0.25) is 9.78 Å². The Morgan fingerprint density at radius 3 is 2.86 bits per heavy atom. The predicted molar refractivity (Wildman–Crippen MR) is 81.7 cm³/mol. The van der Waals surface area contributed by atoms with Crippen LogP contribution in [0, 0.1) is 17.7 Å². The summed E-state index contributed by atoms with van der Waals surface area (Å²) in [5.41, 5.74) is 0.356. The lowest BCUT2D eigenvalue weighted by Gasteiger charge is -2.35. The van der Waals surface area contributed by atoms with Crippen LogP contribution in [0.3, 0.4) is 0 Å². The van der Waals surface area contributed by atoms with Crippen molar-refractivity contribution < 1.29 is 9.18 Å². The van der Waals surface area contributed by atoms with E-state index in [0.717, 1.165) is 18.7 Å². The Labute approximate surface area is 126 Å². The van der Waals surface area contributed by atoms with E-state index < -0.39 is 5.82 Å². The van der Waals surface area contributed by atoms with Crippen molar-refractivity contribution in [3.05, 3.63) is 29.8 Å². The second-order valence-electron chi connectivity index (χ2n) is 6.49. The van der Waals surface area contributed by atoms with Gasteiger partial charge in [-0.15, -0.1) is 0 Å². The normalized spacial score (nSPS) is 24.0. The average Bonchev–Trinajstić information content (AvgIpc) is 2.47. The zero-order valence-corrected chi connectivity index (χ0v) is 13.2. The monoisotopic (exact) mass is 292 g/mol. The van der Waals surface area contributed by atoms with Gasteiger partial charge in [-0.25, -0.2) is 4.39 Å². The maximum absolute atomic E-state index is 12.9. The molecule has 1 aliphatic carbocycles. The quantitative estimate of drug-likeness (QED) is 0.778. The highest BCUT2D eigenvalue weighted by Gasteiger charge is 2.25. The fourth-order valence-corrected chi connectivity index (χ4v) is 3.24. The first kappa shape index (κ1) is 16.1. The number of carbonyl (C=O) groups is 1. The van der Waals surface area contributed by atoms with Crippen LogP contribution in [-0.4, -0.2) is 35.3 Å². The van der Waals surface area contributed by atoms with Crippen LogP contribution in [0.2, 0.25) is 0 Å². The van der Waals surface area contributed by atoms with E-state index in [1.54, 1.807) is 0 Å². The Kier molecular flexibility index (Phi) is 5.45. The molecule has 0 spiro atoms. The molecule has 2 rings (SSSR count). The fraction of sp³-hybridized carbons (Fsp3) is 0.647. The second-order valence-corrected chi connectivity index (χ2v) is 6.49. The summed E-state index contributed by atoms with van der Waals surface area (Å²) in [7, 11) is 2.10. The van der Waals surface area contributed by atoms with E-state index in [2.05, 4.69) is 23.9 Å². The molecule has 1 fully saturated rings. The Bertz CT molecular complexity index is 474. The van der Waals surface area contributed by atoms with Gasteiger partial charge >= 0.3 is 0 Å². The van der Waals surface area contributed by atoms with Gasteiger partial charge in [0.2, 0.25) is 0 Å². The standard InChI is InChI=1S/C17H25FN2O/c1-12-5-4-6-15(9-12)20(3)11-13(2)17(21)16-8-7-14(18)10-19-16/h7-8,10,12-13,15H,4-6,9,11H2,1-3H3. The van der Waals surface area contributed by atoms with E-state index >= 15 is 0 Å². The minimum Gasteiger partial charge on any atom is -0.303 e. The zero-order valence-electron chi connectivity index (χ0n) is 13.2. The molecule has 1 aromatic heterocycles. The van der Waals surface area contributed by atoms with Crippen molar-refractivity contribution in [2.75, 3.05) is 13.6 Å². The molecule has 0 N–H and O–H groups in total. The number of hydrogen-bond donors (Lipinski definition) is 0. The van der Waals surface area contributed by atoms with Crippen molar-refractivity contribution in [3.8, 4) is 0 Å². The molecule has 0 aromatic carbocycles. The first-order valence-corrected chi connectivity index (χ1v) is 7.83. The number of nitrogens with zero attached hydrogens (tertiary/aromatic N) is 2. The molecule has 3 atom stereocenters. The number of aromatic nitrogens is 1. The van der Waals surface area contributed by atoms with E-state index in [1.807, 2.05) is 6.92 Å². The molecule has 1 aromatic rings. The van der Waals surface area contributed by atoms with Crippen LogP contribution >= 0.6 is 0 Å². The third-order valence-corrected chi connectivity index (χ3v) is 4.52. The molecule has 116 valence electrons. The van der Waals surface area contributed by atoms with Gasteiger partial charge in [0.1, 0.15) is 11.5 Å². The summed E-state index contributed by atoms with van der Waals surface area (Å²) in [6.45, 7) is 4.96. The van der Waals surface area contributed by atoms with Crippen LogP contribution in [-0.2, 0) is 0 Å². The van der Waals surface area contributed by atoms with Gasteiger partial charge in [-0.2, -0.15) is 0 Å². The molecule has 1 saturated carbocycles. The van der Waals surface area contributed by atoms with Gasteiger partial charge in [0.25, 0.3) is 0 Å². The summed E-state index contributed by atoms with van der Waals surface area (Å²) in [4.78, 5) is 18.5. The summed E-state index contributed by atoms with van der Waals surface area (Å²) < 4.78 is 12.9. The molecular weight excluding hydrogens is 267 g/mol. The van der Waals surface area contributed by atoms with Crippen molar-refractivity contribution in [1.29, 1.82) is 0 Å². The third-order valence-electron chi connectivity index (χ3n) is 4.52. The third kappa shape index (κ3) is 4.34. The topological polar surface area (TPSA) is 33.2 Å². The van der Waals surface area contributed by atoms with Gasteiger partial charge < -0.3 is 4.90 Å². The molecule has 21 heavy (non-hydrogen) atoms. The number of halogens is 1. The second kappa shape index (κ2) is 7.12. The van der Waals surface area contributed by atoms with Crippen molar-refractivity contribution in [3.63, 3.8) is 0 Å². The summed E-state index contributed by atoms with van der Waals surface area (Å²) in [5, 5.41) is 0. The van der Waals surface area contributed by atoms with Crippen molar-refractivity contribution >= 4 is 5.78 Å². The number of hydrogen-bond acceptors (Lipinski definition) is 3. The van der Waals surface area contributed by atoms with Crippen LogP contribution in [0.4, 0.5) is 4.39 Å². The Morgan fingerprint density at radius 1 is 1.48 bits per heavy atom. The smallest absolute Gasteiger partial charge is 0.185 e. The molecule has 3 unspecified atom stereocenters. The minimum absolute atomic E-state index is 0.00860. The van der Waals surface area contributed by atoms with Crippen LogP contribution < -0.4 is 0 Å². The molecule has 0 aliphatic heterocycles. The van der Waals surface area contributed by atoms with Crippen molar-refractivity contribution in [1.82, 2.24) is 9.88 Å².